The number of para-hydroxylation sites is 2. The van der Waals surface area contributed by atoms with E-state index in [9.17, 15) is 9.90 Å². The van der Waals surface area contributed by atoms with Gasteiger partial charge in [0.2, 0.25) is 5.89 Å². The topological polar surface area (TPSA) is 99.9 Å². The molecule has 188 valence electrons. The normalized spacial score (nSPS) is 12.4. The second kappa shape index (κ2) is 13.5. The number of aromatic nitrogens is 1. The summed E-state index contributed by atoms with van der Waals surface area (Å²) in [6.07, 6.45) is -0.786. The van der Waals surface area contributed by atoms with E-state index in [1.54, 1.807) is 6.07 Å². The maximum absolute atomic E-state index is 10.9. The van der Waals surface area contributed by atoms with Gasteiger partial charge in [0.05, 0.1) is 5.97 Å². The van der Waals surface area contributed by atoms with Crippen LogP contribution in [0.4, 0.5) is 5.69 Å². The van der Waals surface area contributed by atoms with Gasteiger partial charge in [-0.15, -0.1) is 0 Å². The zero-order chi connectivity index (χ0) is 25.5. The third-order valence-corrected chi connectivity index (χ3v) is 5.65. The summed E-state index contributed by atoms with van der Waals surface area (Å²) in [7, 11) is 3.97. The summed E-state index contributed by atoms with van der Waals surface area (Å²) in [5.74, 6) is 0.500. The Bertz CT molecular complexity index is 1280. The summed E-state index contributed by atoms with van der Waals surface area (Å²) in [6, 6.07) is 22.9. The van der Waals surface area contributed by atoms with Gasteiger partial charge in [-0.25, -0.2) is 4.98 Å². The maximum atomic E-state index is 10.9. The van der Waals surface area contributed by atoms with E-state index in [1.165, 1.54) is 6.92 Å². The van der Waals surface area contributed by atoms with Crippen molar-refractivity contribution in [2.45, 2.75) is 32.1 Å². The van der Waals surface area contributed by atoms with Crippen molar-refractivity contribution in [3.63, 3.8) is 0 Å². The molecule has 37 heavy (non-hydrogen) atoms. The van der Waals surface area contributed by atoms with E-state index < -0.39 is 12.1 Å². The van der Waals surface area contributed by atoms with Crippen LogP contribution >= 0.6 is 0 Å². The average Bonchev–Trinajstić information content (AvgIpc) is 3.30. The smallest absolute Gasteiger partial charge is 0.546 e. The van der Waals surface area contributed by atoms with Crippen LogP contribution in [-0.4, -0.2) is 37.7 Å². The van der Waals surface area contributed by atoms with Gasteiger partial charge < -0.3 is 34.0 Å². The number of rotatable bonds is 12. The predicted molar refractivity (Wildman–Crippen MR) is 136 cm³/mol. The summed E-state index contributed by atoms with van der Waals surface area (Å²) >= 11 is 0. The molecule has 3 aromatic carbocycles. The second-order valence-electron chi connectivity index (χ2n) is 8.71. The summed E-state index contributed by atoms with van der Waals surface area (Å²) in [6.45, 7) is 2.66. The number of carbonyl (C=O) groups excluding carboxylic acids is 1. The molecule has 0 aliphatic heterocycles. The van der Waals surface area contributed by atoms with E-state index in [2.05, 4.69) is 10.3 Å². The summed E-state index contributed by atoms with van der Waals surface area (Å²) in [5, 5.41) is 14.4. The number of carboxylic acids is 1. The van der Waals surface area contributed by atoms with E-state index >= 15 is 0 Å². The summed E-state index contributed by atoms with van der Waals surface area (Å²) in [4.78, 5) is 17.6. The Labute approximate surface area is 238 Å². The van der Waals surface area contributed by atoms with Crippen LogP contribution in [0.5, 0.6) is 11.5 Å². The molecular formula is C28H30N3NaO5. The van der Waals surface area contributed by atoms with Crippen molar-refractivity contribution in [1.82, 2.24) is 10.3 Å². The largest absolute Gasteiger partial charge is 1.00 e. The summed E-state index contributed by atoms with van der Waals surface area (Å²) in [5.41, 5.74) is 3.52. The molecule has 4 aromatic rings. The predicted octanol–water partition coefficient (Wildman–Crippen LogP) is 0.715. The maximum Gasteiger partial charge on any atom is 1.00 e. The van der Waals surface area contributed by atoms with Gasteiger partial charge in [0.15, 0.2) is 11.7 Å². The molecule has 0 radical (unpaired) electrons. The van der Waals surface area contributed by atoms with Crippen LogP contribution in [0.15, 0.2) is 77.2 Å². The fourth-order valence-corrected chi connectivity index (χ4v) is 3.71. The molecule has 1 heterocycles. The second-order valence-corrected chi connectivity index (χ2v) is 8.71. The number of nitrogens with zero attached hydrogens (tertiary/aromatic N) is 2. The molecule has 8 nitrogen and oxygen atoms in total. The van der Waals surface area contributed by atoms with Gasteiger partial charge in [0.1, 0.15) is 23.1 Å². The third kappa shape index (κ3) is 7.97. The number of fused-ring (bicyclic) bond motifs is 1. The number of ether oxygens (including phenoxy) is 2. The Kier molecular flexibility index (Phi) is 10.4. The van der Waals surface area contributed by atoms with E-state index in [4.69, 9.17) is 13.9 Å². The fourth-order valence-electron chi connectivity index (χ4n) is 3.71. The van der Waals surface area contributed by atoms with Gasteiger partial charge in [-0.05, 0) is 55.4 Å². The number of hydrogen-bond acceptors (Lipinski definition) is 8. The number of benzene rings is 3. The first-order valence-electron chi connectivity index (χ1n) is 11.9. The minimum absolute atomic E-state index is 0. The SMILES string of the molecule is CC(Oc1cccc(CNCCC(Oc2cccc(N(C)C)c2)c2nc3ccccc3o2)c1)C(=O)[O-].[Na+]. The van der Waals surface area contributed by atoms with Crippen molar-refractivity contribution in [3.05, 3.63) is 84.3 Å². The number of carbonyl (C=O) groups is 1. The number of carboxylic acid groups (broad SMARTS) is 1. The fraction of sp³-hybridized carbons (Fsp3) is 0.286. The molecule has 9 heteroatoms. The number of hydrogen-bond donors (Lipinski definition) is 1. The molecule has 0 saturated heterocycles. The monoisotopic (exact) mass is 511 g/mol. The van der Waals surface area contributed by atoms with Gasteiger partial charge >= 0.3 is 29.6 Å². The molecule has 0 aliphatic carbocycles. The molecule has 0 bridgehead atoms. The molecule has 0 amide bonds. The van der Waals surface area contributed by atoms with Crippen LogP contribution in [0.25, 0.3) is 11.1 Å². The van der Waals surface area contributed by atoms with Gasteiger partial charge in [0.25, 0.3) is 0 Å². The quantitative estimate of drug-likeness (QED) is 0.219. The molecule has 2 unspecified atom stereocenters. The van der Waals surface area contributed by atoms with Crippen molar-refractivity contribution in [2.24, 2.45) is 0 Å². The molecule has 0 fully saturated rings. The van der Waals surface area contributed by atoms with Crippen LogP contribution in [0, 0.1) is 0 Å². The Hall–Kier alpha value is -3.04. The van der Waals surface area contributed by atoms with Crippen LogP contribution < -0.4 is 54.4 Å². The van der Waals surface area contributed by atoms with Gasteiger partial charge in [0, 0.05) is 38.8 Å². The van der Waals surface area contributed by atoms with Crippen LogP contribution in [0.1, 0.15) is 30.9 Å². The Morgan fingerprint density at radius 2 is 1.76 bits per heavy atom. The molecule has 0 aliphatic rings. The van der Waals surface area contributed by atoms with E-state index in [0.29, 0.717) is 31.2 Å². The molecule has 0 spiro atoms. The van der Waals surface area contributed by atoms with Crippen LogP contribution in [-0.2, 0) is 11.3 Å². The molecule has 4 rings (SSSR count). The van der Waals surface area contributed by atoms with Crippen molar-refractivity contribution < 1.29 is 53.3 Å². The standard InChI is InChI=1S/C28H31N3O5.Na/c1-19(28(32)33)34-22-10-6-8-20(16-22)18-29-15-14-26(27-30-24-12-4-5-13-25(24)36-27)35-23-11-7-9-21(17-23)31(2)3;/h4-13,16-17,19,26,29H,14-15,18H2,1-3H3,(H,32,33);/q;+1/p-1. The molecule has 1 N–H and O–H groups in total. The molecular weight excluding hydrogens is 481 g/mol. The minimum atomic E-state index is -1.25. The van der Waals surface area contributed by atoms with Gasteiger partial charge in [-0.1, -0.05) is 30.3 Å². The minimum Gasteiger partial charge on any atom is -0.546 e. The molecule has 2 atom stereocenters. The first-order chi connectivity index (χ1) is 17.4. The molecule has 0 saturated carbocycles. The van der Waals surface area contributed by atoms with Crippen molar-refractivity contribution in [3.8, 4) is 11.5 Å². The van der Waals surface area contributed by atoms with Crippen molar-refractivity contribution in [2.75, 3.05) is 25.5 Å². The van der Waals surface area contributed by atoms with E-state index in [-0.39, 0.29) is 35.7 Å². The zero-order valence-electron chi connectivity index (χ0n) is 21.6. The first kappa shape index (κ1) is 28.5. The number of anilines is 1. The van der Waals surface area contributed by atoms with E-state index in [0.717, 1.165) is 28.1 Å². The zero-order valence-corrected chi connectivity index (χ0v) is 23.6. The Morgan fingerprint density at radius 1 is 1.03 bits per heavy atom. The van der Waals surface area contributed by atoms with Gasteiger partial charge in [-0.3, -0.25) is 0 Å². The molecule has 1 aromatic heterocycles. The number of aliphatic carboxylic acids is 1. The van der Waals surface area contributed by atoms with E-state index in [1.807, 2.05) is 85.7 Å². The van der Waals surface area contributed by atoms with Crippen LogP contribution in [0.2, 0.25) is 0 Å². The third-order valence-electron chi connectivity index (χ3n) is 5.65. The van der Waals surface area contributed by atoms with Gasteiger partial charge in [-0.2, -0.15) is 0 Å². The first-order valence-corrected chi connectivity index (χ1v) is 11.9. The summed E-state index contributed by atoms with van der Waals surface area (Å²) < 4.78 is 17.8. The van der Waals surface area contributed by atoms with Crippen LogP contribution in [0.3, 0.4) is 0 Å². The average molecular weight is 512 g/mol. The Balaban J connectivity index is 0.00000380. The number of nitrogens with one attached hydrogen (secondary N) is 1. The van der Waals surface area contributed by atoms with Crippen molar-refractivity contribution >= 4 is 22.8 Å². The van der Waals surface area contributed by atoms with Crippen molar-refractivity contribution in [1.29, 1.82) is 0 Å². The number of oxazole rings is 1. The Morgan fingerprint density at radius 3 is 2.49 bits per heavy atom.